The Kier molecular flexibility index (Phi) is 4.47. The molecule has 3 nitrogen and oxygen atoms in total. The molecule has 1 N–H and O–H groups in total. The summed E-state index contributed by atoms with van der Waals surface area (Å²) in [5.74, 6) is -0.208. The van der Waals surface area contributed by atoms with Gasteiger partial charge in [-0.15, -0.1) is 0 Å². The lowest BCUT2D eigenvalue weighted by atomic mass is 10.1. The lowest BCUT2D eigenvalue weighted by Gasteiger charge is -2.06. The van der Waals surface area contributed by atoms with Crippen molar-refractivity contribution in [3.8, 4) is 0 Å². The number of nitrogens with one attached hydrogen (secondary N) is 1. The van der Waals surface area contributed by atoms with Crippen molar-refractivity contribution in [3.63, 3.8) is 0 Å². The van der Waals surface area contributed by atoms with E-state index < -0.39 is 0 Å². The predicted octanol–water partition coefficient (Wildman–Crippen LogP) is 3.52. The molecule has 2 aromatic rings. The van der Waals surface area contributed by atoms with E-state index in [4.69, 9.17) is 0 Å². The van der Waals surface area contributed by atoms with Crippen molar-refractivity contribution in [1.82, 2.24) is 0 Å². The summed E-state index contributed by atoms with van der Waals surface area (Å²) in [6.07, 6.45) is 0. The van der Waals surface area contributed by atoms with Gasteiger partial charge in [-0.25, -0.2) is 0 Å². The van der Waals surface area contributed by atoms with Crippen molar-refractivity contribution in [1.29, 1.82) is 0 Å². The molecular weight excluding hydrogens is 306 g/mol. The lowest BCUT2D eigenvalue weighted by Crippen LogP contribution is -2.12. The average Bonchev–Trinajstić information content (AvgIpc) is 2.47. The fraction of sp³-hybridized carbons (Fsp3) is 0.0667. The molecular formula is C15H12BrNO2. The lowest BCUT2D eigenvalue weighted by molar-refractivity contribution is 0.101. The number of hydrogen-bond donors (Lipinski definition) is 1. The van der Waals surface area contributed by atoms with E-state index in [1.165, 1.54) is 0 Å². The number of benzene rings is 2. The van der Waals surface area contributed by atoms with E-state index in [1.54, 1.807) is 48.5 Å². The van der Waals surface area contributed by atoms with E-state index in [-0.39, 0.29) is 17.0 Å². The number of amides is 1. The van der Waals surface area contributed by atoms with Crippen LogP contribution in [0.2, 0.25) is 0 Å². The fourth-order valence-corrected chi connectivity index (χ4v) is 1.96. The van der Waals surface area contributed by atoms with Crippen LogP contribution in [-0.4, -0.2) is 17.0 Å². The van der Waals surface area contributed by atoms with E-state index in [9.17, 15) is 9.59 Å². The van der Waals surface area contributed by atoms with E-state index in [0.717, 1.165) is 0 Å². The summed E-state index contributed by atoms with van der Waals surface area (Å²) < 4.78 is 0. The number of ketones is 1. The van der Waals surface area contributed by atoms with Crippen LogP contribution in [0, 0.1) is 0 Å². The van der Waals surface area contributed by atoms with E-state index in [0.29, 0.717) is 16.8 Å². The maximum atomic E-state index is 12.0. The third kappa shape index (κ3) is 3.51. The zero-order valence-electron chi connectivity index (χ0n) is 10.1. The van der Waals surface area contributed by atoms with E-state index in [1.807, 2.05) is 6.07 Å². The number of anilines is 1. The molecule has 1 amide bonds. The molecule has 0 heterocycles. The van der Waals surface area contributed by atoms with Gasteiger partial charge in [0.2, 0.25) is 0 Å². The monoisotopic (exact) mass is 317 g/mol. The Labute approximate surface area is 119 Å². The van der Waals surface area contributed by atoms with Gasteiger partial charge in [-0.1, -0.05) is 46.3 Å². The maximum absolute atomic E-state index is 12.0. The smallest absolute Gasteiger partial charge is 0.255 e. The fourth-order valence-electron chi connectivity index (χ4n) is 1.64. The SMILES string of the molecule is O=C(CBr)c1cccc(NC(=O)c2ccccc2)c1. The van der Waals surface area contributed by atoms with Crippen LogP contribution >= 0.6 is 15.9 Å². The van der Waals surface area contributed by atoms with Crippen LogP contribution in [-0.2, 0) is 0 Å². The highest BCUT2D eigenvalue weighted by molar-refractivity contribution is 9.09. The summed E-state index contributed by atoms with van der Waals surface area (Å²) >= 11 is 3.13. The van der Waals surface area contributed by atoms with E-state index in [2.05, 4.69) is 21.2 Å². The molecule has 0 bridgehead atoms. The first-order valence-corrected chi connectivity index (χ1v) is 6.88. The topological polar surface area (TPSA) is 46.2 Å². The molecule has 2 aromatic carbocycles. The zero-order valence-corrected chi connectivity index (χ0v) is 11.7. The predicted molar refractivity (Wildman–Crippen MR) is 79.0 cm³/mol. The highest BCUT2D eigenvalue weighted by Gasteiger charge is 2.08. The second-order valence-electron chi connectivity index (χ2n) is 3.96. The van der Waals surface area contributed by atoms with Crippen LogP contribution in [0.4, 0.5) is 5.69 Å². The third-order valence-electron chi connectivity index (χ3n) is 2.60. The summed E-state index contributed by atoms with van der Waals surface area (Å²) in [6, 6.07) is 15.8. The van der Waals surface area contributed by atoms with Crippen LogP contribution < -0.4 is 5.32 Å². The Balaban J connectivity index is 2.16. The molecule has 0 saturated carbocycles. The molecule has 0 saturated heterocycles. The molecule has 0 aliphatic heterocycles. The molecule has 2 rings (SSSR count). The molecule has 0 unspecified atom stereocenters. The molecule has 0 aliphatic carbocycles. The first kappa shape index (κ1) is 13.5. The number of halogens is 1. The van der Waals surface area contributed by atoms with Crippen LogP contribution in [0.3, 0.4) is 0 Å². The van der Waals surface area contributed by atoms with Crippen molar-refractivity contribution in [2.75, 3.05) is 10.6 Å². The van der Waals surface area contributed by atoms with Crippen molar-refractivity contribution < 1.29 is 9.59 Å². The molecule has 4 heteroatoms. The second kappa shape index (κ2) is 6.29. The number of alkyl halides is 1. The number of rotatable bonds is 4. The minimum absolute atomic E-state index is 0.0178. The molecule has 0 atom stereocenters. The van der Waals surface area contributed by atoms with Crippen molar-refractivity contribution >= 4 is 33.3 Å². The molecule has 0 aromatic heterocycles. The Bertz CT molecular complexity index is 596. The maximum Gasteiger partial charge on any atom is 0.255 e. The van der Waals surface area contributed by atoms with Gasteiger partial charge in [0.1, 0.15) is 0 Å². The summed E-state index contributed by atoms with van der Waals surface area (Å²) in [4.78, 5) is 23.5. The number of carbonyl (C=O) groups excluding carboxylic acids is 2. The zero-order chi connectivity index (χ0) is 13.7. The standard InChI is InChI=1S/C15H12BrNO2/c16-10-14(18)12-7-4-8-13(9-12)17-15(19)11-5-2-1-3-6-11/h1-9H,10H2,(H,17,19). The molecule has 0 aliphatic rings. The Hall–Kier alpha value is -1.94. The van der Waals surface area contributed by atoms with Gasteiger partial charge in [0.15, 0.2) is 5.78 Å². The van der Waals surface area contributed by atoms with Crippen LogP contribution in [0.25, 0.3) is 0 Å². The van der Waals surface area contributed by atoms with Gasteiger partial charge in [0.25, 0.3) is 5.91 Å². The highest BCUT2D eigenvalue weighted by atomic mass is 79.9. The summed E-state index contributed by atoms with van der Waals surface area (Å²) in [7, 11) is 0. The second-order valence-corrected chi connectivity index (χ2v) is 4.52. The van der Waals surface area contributed by atoms with Gasteiger partial charge in [-0.2, -0.15) is 0 Å². The first-order chi connectivity index (χ1) is 9.20. The van der Waals surface area contributed by atoms with E-state index >= 15 is 0 Å². The van der Waals surface area contributed by atoms with Gasteiger partial charge >= 0.3 is 0 Å². The van der Waals surface area contributed by atoms with Crippen molar-refractivity contribution in [2.24, 2.45) is 0 Å². The van der Waals surface area contributed by atoms with Gasteiger partial charge in [-0.05, 0) is 24.3 Å². The van der Waals surface area contributed by atoms with Crippen molar-refractivity contribution in [3.05, 3.63) is 65.7 Å². The summed E-state index contributed by atoms with van der Waals surface area (Å²) in [6.45, 7) is 0. The van der Waals surface area contributed by atoms with Gasteiger partial charge in [0, 0.05) is 16.8 Å². The first-order valence-electron chi connectivity index (χ1n) is 5.76. The average molecular weight is 318 g/mol. The largest absolute Gasteiger partial charge is 0.322 e. The van der Waals surface area contributed by atoms with Crippen LogP contribution in [0.1, 0.15) is 20.7 Å². The summed E-state index contributed by atoms with van der Waals surface area (Å²) in [5.41, 5.74) is 1.77. The van der Waals surface area contributed by atoms with Crippen LogP contribution in [0.15, 0.2) is 54.6 Å². The minimum atomic E-state index is -0.191. The normalized spacial score (nSPS) is 9.95. The van der Waals surface area contributed by atoms with Gasteiger partial charge < -0.3 is 5.32 Å². The van der Waals surface area contributed by atoms with Crippen molar-refractivity contribution in [2.45, 2.75) is 0 Å². The number of Topliss-reactive ketones (excluding diaryl/α,β-unsaturated/α-hetero) is 1. The molecule has 96 valence electrons. The minimum Gasteiger partial charge on any atom is -0.322 e. The molecule has 0 spiro atoms. The molecule has 0 radical (unpaired) electrons. The molecule has 0 fully saturated rings. The Morgan fingerprint density at radius 3 is 2.32 bits per heavy atom. The van der Waals surface area contributed by atoms with Gasteiger partial charge in [-0.3, -0.25) is 9.59 Å². The highest BCUT2D eigenvalue weighted by Crippen LogP contribution is 2.13. The quantitative estimate of drug-likeness (QED) is 0.692. The van der Waals surface area contributed by atoms with Gasteiger partial charge in [0.05, 0.1) is 5.33 Å². The Morgan fingerprint density at radius 2 is 1.63 bits per heavy atom. The Morgan fingerprint density at radius 1 is 0.947 bits per heavy atom. The summed E-state index contributed by atoms with van der Waals surface area (Å²) in [5, 5.41) is 3.04. The van der Waals surface area contributed by atoms with Crippen LogP contribution in [0.5, 0.6) is 0 Å². The third-order valence-corrected chi connectivity index (χ3v) is 3.11. The molecule has 19 heavy (non-hydrogen) atoms. The number of carbonyl (C=O) groups is 2. The number of hydrogen-bond acceptors (Lipinski definition) is 2.